The Kier molecular flexibility index (Phi) is 7.32. The third-order valence-corrected chi connectivity index (χ3v) is 13.0. The van der Waals surface area contributed by atoms with E-state index >= 15 is 0 Å². The van der Waals surface area contributed by atoms with E-state index < -0.39 is 66.3 Å². The topological polar surface area (TPSA) is 169 Å². The molecule has 0 amide bonds. The molecule has 212 valence electrons. The van der Waals surface area contributed by atoms with Gasteiger partial charge in [0.25, 0.3) is 15.7 Å². The third-order valence-electron chi connectivity index (χ3n) is 7.46. The number of esters is 1. The molecule has 2 aliphatic rings. The van der Waals surface area contributed by atoms with E-state index in [9.17, 15) is 22.8 Å². The first-order valence-electron chi connectivity index (χ1n) is 12.3. The number of nitrogens with one attached hydrogen (secondary N) is 1. The van der Waals surface area contributed by atoms with Gasteiger partial charge in [-0.05, 0) is 37.2 Å². The molecule has 1 aromatic carbocycles. The zero-order valence-electron chi connectivity index (χ0n) is 22.6. The zero-order chi connectivity index (χ0) is 29.0. The molecule has 12 nitrogen and oxygen atoms in total. The molecule has 0 saturated carbocycles. The number of ether oxygens (including phenoxy) is 2. The molecule has 0 bridgehead atoms. The van der Waals surface area contributed by atoms with Crippen molar-refractivity contribution < 1.29 is 31.3 Å². The monoisotopic (exact) mass is 579 g/mol. The summed E-state index contributed by atoms with van der Waals surface area (Å²) in [5.74, 6) is -0.680. The number of aromatic amines is 1. The molecule has 0 radical (unpaired) electrons. The van der Waals surface area contributed by atoms with Crippen LogP contribution in [0.15, 0.2) is 57.2 Å². The van der Waals surface area contributed by atoms with E-state index in [1.165, 1.54) is 13.1 Å². The largest absolute Gasteiger partial charge is 0.459 e. The highest BCUT2D eigenvalue weighted by molar-refractivity contribution is 7.90. The van der Waals surface area contributed by atoms with Gasteiger partial charge in [-0.15, -0.1) is 0 Å². The first-order valence-corrected chi connectivity index (χ1v) is 16.7. The Labute approximate surface area is 227 Å². The second kappa shape index (κ2) is 9.85. The third kappa shape index (κ3) is 5.26. The minimum atomic E-state index is -4.28. The van der Waals surface area contributed by atoms with Crippen LogP contribution in [0.2, 0.25) is 18.1 Å². The Morgan fingerprint density at radius 3 is 2.41 bits per heavy atom. The summed E-state index contributed by atoms with van der Waals surface area (Å²) in [5.41, 5.74) is 3.25. The van der Waals surface area contributed by atoms with Gasteiger partial charge in [0.15, 0.2) is 20.1 Å². The van der Waals surface area contributed by atoms with Crippen LogP contribution in [0.4, 0.5) is 0 Å². The highest BCUT2D eigenvalue weighted by Gasteiger charge is 2.67. The van der Waals surface area contributed by atoms with Crippen LogP contribution >= 0.6 is 0 Å². The van der Waals surface area contributed by atoms with Gasteiger partial charge in [-0.25, -0.2) is 13.8 Å². The van der Waals surface area contributed by atoms with Gasteiger partial charge in [0, 0.05) is 11.8 Å². The van der Waals surface area contributed by atoms with Gasteiger partial charge in [-0.2, -0.15) is 8.42 Å². The summed E-state index contributed by atoms with van der Waals surface area (Å²) < 4.78 is 50.6. The van der Waals surface area contributed by atoms with Crippen LogP contribution in [0.3, 0.4) is 0 Å². The number of rotatable bonds is 6. The number of H-pyrrole nitrogens is 1. The minimum Gasteiger partial charge on any atom is -0.459 e. The SMILES string of the molecule is Cc1cn([C@@H]2O[C@@H](COC(=O)c3ccccc3)C3(OS(=O)(=O)C=C3N)C2O[Si](C)(C)C(C)(C)C)c(=O)[nH]c1=O. The van der Waals surface area contributed by atoms with Crippen molar-refractivity contribution >= 4 is 24.4 Å². The van der Waals surface area contributed by atoms with Crippen molar-refractivity contribution in [3.05, 3.63) is 79.6 Å². The molecule has 3 heterocycles. The van der Waals surface area contributed by atoms with Gasteiger partial charge in [0.05, 0.1) is 16.7 Å². The van der Waals surface area contributed by atoms with Crippen molar-refractivity contribution in [3.63, 3.8) is 0 Å². The lowest BCUT2D eigenvalue weighted by molar-refractivity contribution is -0.0646. The first-order chi connectivity index (χ1) is 18.0. The fourth-order valence-electron chi connectivity index (χ4n) is 4.30. The maximum atomic E-state index is 13.0. The Balaban J connectivity index is 1.85. The molecule has 1 aromatic heterocycles. The average molecular weight is 580 g/mol. The minimum absolute atomic E-state index is 0.209. The predicted octanol–water partition coefficient (Wildman–Crippen LogP) is 1.89. The van der Waals surface area contributed by atoms with Crippen LogP contribution in [0.1, 0.15) is 42.9 Å². The molecule has 0 aliphatic carbocycles. The highest BCUT2D eigenvalue weighted by atomic mass is 32.2. The van der Waals surface area contributed by atoms with E-state index in [0.29, 0.717) is 0 Å². The zero-order valence-corrected chi connectivity index (χ0v) is 24.4. The van der Waals surface area contributed by atoms with E-state index in [-0.39, 0.29) is 21.9 Å². The van der Waals surface area contributed by atoms with E-state index in [4.69, 9.17) is 23.8 Å². The molecule has 1 spiro atoms. The smallest absolute Gasteiger partial charge is 0.338 e. The van der Waals surface area contributed by atoms with E-state index in [1.54, 1.807) is 30.3 Å². The number of nitrogens with two attached hydrogens (primary N) is 1. The number of carbonyl (C=O) groups is 1. The predicted molar refractivity (Wildman–Crippen MR) is 144 cm³/mol. The van der Waals surface area contributed by atoms with Crippen LogP contribution in [-0.2, 0) is 28.2 Å². The van der Waals surface area contributed by atoms with Gasteiger partial charge in [-0.1, -0.05) is 39.0 Å². The summed E-state index contributed by atoms with van der Waals surface area (Å²) in [7, 11) is -7.00. The molecule has 3 N–H and O–H groups in total. The molecule has 1 fully saturated rings. The molecule has 2 unspecified atom stereocenters. The molecule has 39 heavy (non-hydrogen) atoms. The standard InChI is InChI=1S/C25H33N3O9SSi/c1-15-12-28(23(31)27-20(15)29)21-19(36-39(5,6)24(2,3)4)25(17(26)14-38(32,33)37-25)18(35-21)13-34-22(30)16-10-8-7-9-11-16/h7-12,14,18-19,21H,13,26H2,1-6H3,(H,27,29,31)/t18-,19?,21+,25?/m0/s1. The molecular formula is C25H33N3O9SSi. The Morgan fingerprint density at radius 2 is 1.85 bits per heavy atom. The summed E-state index contributed by atoms with van der Waals surface area (Å²) in [6.07, 6.45) is -2.56. The van der Waals surface area contributed by atoms with Crippen LogP contribution in [0.25, 0.3) is 0 Å². The van der Waals surface area contributed by atoms with Gasteiger partial charge in [0.2, 0.25) is 0 Å². The Bertz CT molecular complexity index is 1530. The molecular weight excluding hydrogens is 546 g/mol. The summed E-state index contributed by atoms with van der Waals surface area (Å²) in [4.78, 5) is 40.0. The quantitative estimate of drug-likeness (QED) is 0.293. The number of hydrogen-bond donors (Lipinski definition) is 2. The van der Waals surface area contributed by atoms with Crippen molar-refractivity contribution in [1.82, 2.24) is 9.55 Å². The van der Waals surface area contributed by atoms with Gasteiger partial charge in [0.1, 0.15) is 18.8 Å². The number of aromatic nitrogens is 2. The maximum absolute atomic E-state index is 13.0. The molecule has 14 heteroatoms. The number of benzene rings is 1. The van der Waals surface area contributed by atoms with E-state index in [2.05, 4.69) is 4.98 Å². The number of hydrogen-bond acceptors (Lipinski definition) is 10. The fourth-order valence-corrected chi connectivity index (χ4v) is 6.80. The second-order valence-electron chi connectivity index (χ2n) is 11.2. The molecule has 1 saturated heterocycles. The maximum Gasteiger partial charge on any atom is 0.338 e. The molecule has 4 rings (SSSR count). The van der Waals surface area contributed by atoms with E-state index in [0.717, 1.165) is 9.98 Å². The van der Waals surface area contributed by atoms with Crippen LogP contribution in [0.5, 0.6) is 0 Å². The van der Waals surface area contributed by atoms with E-state index in [1.807, 2.05) is 33.9 Å². The molecule has 2 aliphatic heterocycles. The highest BCUT2D eigenvalue weighted by Crippen LogP contribution is 2.51. The fraction of sp³-hybridized carbons (Fsp3) is 0.480. The summed E-state index contributed by atoms with van der Waals surface area (Å²) in [6, 6.07) is 8.20. The van der Waals surface area contributed by atoms with Crippen molar-refractivity contribution in [2.75, 3.05) is 6.61 Å². The lowest BCUT2D eigenvalue weighted by atomic mass is 9.89. The van der Waals surface area contributed by atoms with Gasteiger partial charge < -0.3 is 19.6 Å². The molecule has 4 atom stereocenters. The van der Waals surface area contributed by atoms with Gasteiger partial charge >= 0.3 is 11.7 Å². The van der Waals surface area contributed by atoms with Crippen LogP contribution in [-0.4, -0.2) is 56.7 Å². The van der Waals surface area contributed by atoms with Crippen molar-refractivity contribution in [2.45, 2.75) is 69.9 Å². The normalized spacial score (nSPS) is 26.5. The number of carbonyl (C=O) groups excluding carboxylic acids is 1. The van der Waals surface area contributed by atoms with Crippen LogP contribution in [0, 0.1) is 6.92 Å². The Morgan fingerprint density at radius 1 is 1.21 bits per heavy atom. The van der Waals surface area contributed by atoms with Crippen LogP contribution < -0.4 is 17.0 Å². The second-order valence-corrected chi connectivity index (χ2v) is 17.3. The van der Waals surface area contributed by atoms with Crippen molar-refractivity contribution in [2.24, 2.45) is 5.73 Å². The van der Waals surface area contributed by atoms with Gasteiger partial charge in [-0.3, -0.25) is 14.3 Å². The average Bonchev–Trinajstić information content (AvgIpc) is 3.26. The number of nitrogens with zero attached hydrogens (tertiary/aromatic N) is 1. The Hall–Kier alpha value is -3.04. The number of aryl methyl sites for hydroxylation is 1. The molecule has 2 aromatic rings. The summed E-state index contributed by atoms with van der Waals surface area (Å²) in [5, 5.41) is 0.423. The first kappa shape index (κ1) is 29.0. The van der Waals surface area contributed by atoms with Crippen molar-refractivity contribution in [1.29, 1.82) is 0 Å². The van der Waals surface area contributed by atoms with Crippen molar-refractivity contribution in [3.8, 4) is 0 Å². The lowest BCUT2D eigenvalue weighted by Gasteiger charge is -2.43. The summed E-state index contributed by atoms with van der Waals surface area (Å²) in [6.45, 7) is 10.9. The summed E-state index contributed by atoms with van der Waals surface area (Å²) >= 11 is 0. The lowest BCUT2D eigenvalue weighted by Crippen LogP contribution is -2.58.